The molecule has 3 aromatic rings. The van der Waals surface area contributed by atoms with Crippen LogP contribution in [0.5, 0.6) is 0 Å². The van der Waals surface area contributed by atoms with E-state index in [-0.39, 0.29) is 5.78 Å². The number of carbonyl (C=O) groups excluding carboxylic acids is 1. The molecular weight excluding hydrogens is 344 g/mol. The number of carbonyl (C=O) groups is 1. The number of para-hydroxylation sites is 4. The Morgan fingerprint density at radius 2 is 1.00 bits per heavy atom. The molecule has 0 saturated heterocycles. The first-order valence-electron chi connectivity index (χ1n) is 9.33. The van der Waals surface area contributed by atoms with E-state index in [2.05, 4.69) is 47.7 Å². The van der Waals surface area contributed by atoms with E-state index in [9.17, 15) is 4.79 Å². The van der Waals surface area contributed by atoms with Gasteiger partial charge in [0.25, 0.3) is 0 Å². The number of rotatable bonds is 6. The number of hydrogen-bond acceptors (Lipinski definition) is 3. The molecule has 3 rings (SSSR count). The van der Waals surface area contributed by atoms with Crippen LogP contribution in [0.4, 0.5) is 22.7 Å². The maximum atomic E-state index is 12.1. The molecule has 0 atom stereocenters. The number of nitrogens with zero attached hydrogens (tertiary/aromatic N) is 2. The SMILES string of the molecule is C=C(C)c1ccccc1N(C)c1ccccc1N(C)c1ccccc1C(C)=O. The largest absolute Gasteiger partial charge is 0.342 e. The van der Waals surface area contributed by atoms with E-state index in [1.807, 2.05) is 62.5 Å². The topological polar surface area (TPSA) is 23.6 Å². The number of ketones is 1. The first-order chi connectivity index (χ1) is 13.4. The Hall–Kier alpha value is -3.33. The Kier molecular flexibility index (Phi) is 5.65. The van der Waals surface area contributed by atoms with Crippen LogP contribution in [0.3, 0.4) is 0 Å². The molecule has 0 fully saturated rings. The fourth-order valence-corrected chi connectivity index (χ4v) is 3.48. The minimum Gasteiger partial charge on any atom is -0.342 e. The molecule has 0 heterocycles. The van der Waals surface area contributed by atoms with E-state index in [4.69, 9.17) is 0 Å². The molecule has 0 aliphatic rings. The zero-order valence-corrected chi connectivity index (χ0v) is 16.9. The number of benzene rings is 3. The van der Waals surface area contributed by atoms with Crippen molar-refractivity contribution < 1.29 is 4.79 Å². The van der Waals surface area contributed by atoms with Crippen molar-refractivity contribution in [2.75, 3.05) is 23.9 Å². The fraction of sp³-hybridized carbons (Fsp3) is 0.160. The van der Waals surface area contributed by atoms with Crippen LogP contribution in [-0.2, 0) is 0 Å². The van der Waals surface area contributed by atoms with Crippen molar-refractivity contribution in [1.29, 1.82) is 0 Å². The molecule has 28 heavy (non-hydrogen) atoms. The van der Waals surface area contributed by atoms with Gasteiger partial charge in [0.2, 0.25) is 0 Å². The summed E-state index contributed by atoms with van der Waals surface area (Å²) in [5.41, 5.74) is 6.92. The minimum absolute atomic E-state index is 0.0564. The molecule has 0 unspecified atom stereocenters. The van der Waals surface area contributed by atoms with E-state index in [1.165, 1.54) is 0 Å². The van der Waals surface area contributed by atoms with Crippen molar-refractivity contribution in [2.45, 2.75) is 13.8 Å². The molecule has 0 N–H and O–H groups in total. The summed E-state index contributed by atoms with van der Waals surface area (Å²) < 4.78 is 0. The van der Waals surface area contributed by atoms with Crippen LogP contribution in [-0.4, -0.2) is 19.9 Å². The van der Waals surface area contributed by atoms with Crippen molar-refractivity contribution in [3.8, 4) is 0 Å². The third-order valence-corrected chi connectivity index (χ3v) is 4.97. The molecule has 0 aromatic heterocycles. The quantitative estimate of drug-likeness (QED) is 0.465. The van der Waals surface area contributed by atoms with Crippen LogP contribution in [0.2, 0.25) is 0 Å². The highest BCUT2D eigenvalue weighted by molar-refractivity contribution is 6.01. The maximum Gasteiger partial charge on any atom is 0.161 e. The van der Waals surface area contributed by atoms with Gasteiger partial charge in [-0.15, -0.1) is 0 Å². The molecule has 3 heteroatoms. The molecule has 0 spiro atoms. The summed E-state index contributed by atoms with van der Waals surface area (Å²) in [6.45, 7) is 7.75. The summed E-state index contributed by atoms with van der Waals surface area (Å²) in [7, 11) is 4.06. The lowest BCUT2D eigenvalue weighted by molar-refractivity contribution is 0.101. The van der Waals surface area contributed by atoms with Crippen molar-refractivity contribution >= 4 is 34.1 Å². The van der Waals surface area contributed by atoms with Crippen LogP contribution in [0.1, 0.15) is 29.8 Å². The fourth-order valence-electron chi connectivity index (χ4n) is 3.48. The summed E-state index contributed by atoms with van der Waals surface area (Å²) in [4.78, 5) is 16.4. The molecule has 0 bridgehead atoms. The van der Waals surface area contributed by atoms with Crippen LogP contribution >= 0.6 is 0 Å². The monoisotopic (exact) mass is 370 g/mol. The zero-order valence-electron chi connectivity index (χ0n) is 16.9. The van der Waals surface area contributed by atoms with Crippen molar-refractivity contribution in [2.24, 2.45) is 0 Å². The molecule has 0 saturated carbocycles. The van der Waals surface area contributed by atoms with Gasteiger partial charge >= 0.3 is 0 Å². The standard InChI is InChI=1S/C25H26N2O/c1-18(2)20-12-6-8-14-22(20)26(4)24-16-10-11-17-25(24)27(5)23-15-9-7-13-21(23)19(3)28/h6-17H,1H2,2-5H3. The lowest BCUT2D eigenvalue weighted by Gasteiger charge is -2.30. The maximum absolute atomic E-state index is 12.1. The molecule has 142 valence electrons. The number of anilines is 4. The molecule has 3 aromatic carbocycles. The van der Waals surface area contributed by atoms with E-state index in [0.717, 1.165) is 33.9 Å². The number of allylic oxidation sites excluding steroid dienone is 1. The Labute approximate surface area is 167 Å². The van der Waals surface area contributed by atoms with Gasteiger partial charge in [-0.2, -0.15) is 0 Å². The molecule has 0 aliphatic heterocycles. The van der Waals surface area contributed by atoms with Gasteiger partial charge in [-0.25, -0.2) is 0 Å². The van der Waals surface area contributed by atoms with Crippen molar-refractivity contribution in [3.05, 3.63) is 90.5 Å². The van der Waals surface area contributed by atoms with E-state index in [1.54, 1.807) is 6.92 Å². The Morgan fingerprint density at radius 1 is 0.643 bits per heavy atom. The second kappa shape index (κ2) is 8.13. The highest BCUT2D eigenvalue weighted by Gasteiger charge is 2.18. The van der Waals surface area contributed by atoms with Gasteiger partial charge in [0.1, 0.15) is 0 Å². The summed E-state index contributed by atoms with van der Waals surface area (Å²) >= 11 is 0. The van der Waals surface area contributed by atoms with Gasteiger partial charge in [0, 0.05) is 30.9 Å². The Balaban J connectivity index is 2.10. The predicted molar refractivity (Wildman–Crippen MR) is 120 cm³/mol. The molecule has 0 aliphatic carbocycles. The Bertz CT molecular complexity index is 940. The van der Waals surface area contributed by atoms with E-state index in [0.29, 0.717) is 5.56 Å². The van der Waals surface area contributed by atoms with E-state index >= 15 is 0 Å². The lowest BCUT2D eigenvalue weighted by Crippen LogP contribution is -2.19. The summed E-state index contributed by atoms with van der Waals surface area (Å²) in [5, 5.41) is 0. The second-order valence-electron chi connectivity index (χ2n) is 6.98. The van der Waals surface area contributed by atoms with Crippen LogP contribution in [0.15, 0.2) is 79.4 Å². The highest BCUT2D eigenvalue weighted by Crippen LogP contribution is 2.39. The first-order valence-corrected chi connectivity index (χ1v) is 9.33. The highest BCUT2D eigenvalue weighted by atomic mass is 16.1. The van der Waals surface area contributed by atoms with Gasteiger partial charge < -0.3 is 9.80 Å². The zero-order chi connectivity index (χ0) is 20.3. The average Bonchev–Trinajstić information content (AvgIpc) is 2.72. The van der Waals surface area contributed by atoms with Gasteiger partial charge in [0.05, 0.1) is 17.1 Å². The Morgan fingerprint density at radius 3 is 1.43 bits per heavy atom. The van der Waals surface area contributed by atoms with Crippen LogP contribution < -0.4 is 9.80 Å². The van der Waals surface area contributed by atoms with Gasteiger partial charge in [-0.3, -0.25) is 4.79 Å². The second-order valence-corrected chi connectivity index (χ2v) is 6.98. The lowest BCUT2D eigenvalue weighted by atomic mass is 10.0. The van der Waals surface area contributed by atoms with E-state index < -0.39 is 0 Å². The van der Waals surface area contributed by atoms with Gasteiger partial charge in [-0.05, 0) is 49.8 Å². The molecule has 3 nitrogen and oxygen atoms in total. The molecule has 0 radical (unpaired) electrons. The number of Topliss-reactive ketones (excluding diaryl/α,β-unsaturated/α-hetero) is 1. The average molecular weight is 370 g/mol. The van der Waals surface area contributed by atoms with Gasteiger partial charge in [0.15, 0.2) is 5.78 Å². The van der Waals surface area contributed by atoms with Crippen molar-refractivity contribution in [3.63, 3.8) is 0 Å². The predicted octanol–water partition coefficient (Wildman–Crippen LogP) is 6.46. The normalized spacial score (nSPS) is 10.4. The minimum atomic E-state index is 0.0564. The van der Waals surface area contributed by atoms with Crippen LogP contribution in [0.25, 0.3) is 5.57 Å². The summed E-state index contributed by atoms with van der Waals surface area (Å²) in [6, 6.07) is 24.2. The first kappa shape index (κ1) is 19.4. The number of hydrogen-bond donors (Lipinski definition) is 0. The smallest absolute Gasteiger partial charge is 0.161 e. The van der Waals surface area contributed by atoms with Crippen LogP contribution in [0, 0.1) is 0 Å². The summed E-state index contributed by atoms with van der Waals surface area (Å²) in [6.07, 6.45) is 0. The molecule has 0 amide bonds. The molecular formula is C25H26N2O. The van der Waals surface area contributed by atoms with Gasteiger partial charge in [-0.1, -0.05) is 49.0 Å². The third kappa shape index (κ3) is 3.70. The third-order valence-electron chi connectivity index (χ3n) is 4.97. The van der Waals surface area contributed by atoms with Crippen molar-refractivity contribution in [1.82, 2.24) is 0 Å². The summed E-state index contributed by atoms with van der Waals surface area (Å²) in [5.74, 6) is 0.0564.